The highest BCUT2D eigenvalue weighted by atomic mass is 32.1. The fraction of sp³-hybridized carbons (Fsp3) is 0.438. The van der Waals surface area contributed by atoms with Crippen LogP contribution in [0.3, 0.4) is 0 Å². The first-order valence-electron chi connectivity index (χ1n) is 7.26. The number of carbonyl (C=O) groups excluding carboxylic acids is 1. The van der Waals surface area contributed by atoms with Gasteiger partial charge in [-0.15, -0.1) is 11.3 Å². The normalized spacial score (nSPS) is 14.7. The lowest BCUT2D eigenvalue weighted by atomic mass is 10.1. The van der Waals surface area contributed by atoms with E-state index >= 15 is 0 Å². The molecule has 0 fully saturated rings. The summed E-state index contributed by atoms with van der Waals surface area (Å²) in [4.78, 5) is 13.7. The minimum absolute atomic E-state index is 0.171. The summed E-state index contributed by atoms with van der Waals surface area (Å²) >= 11 is 1.75. The van der Waals surface area contributed by atoms with Gasteiger partial charge >= 0.3 is 5.97 Å². The zero-order chi connectivity index (χ0) is 13.9. The van der Waals surface area contributed by atoms with Crippen molar-refractivity contribution in [2.45, 2.75) is 39.0 Å². The lowest BCUT2D eigenvalue weighted by Gasteiger charge is -2.07. The summed E-state index contributed by atoms with van der Waals surface area (Å²) in [5, 5.41) is 1.01. The van der Waals surface area contributed by atoms with Crippen molar-refractivity contribution < 1.29 is 9.53 Å². The molecule has 0 spiro atoms. The molecule has 1 aliphatic rings. The Morgan fingerprint density at radius 3 is 2.75 bits per heavy atom. The molecule has 106 valence electrons. The van der Waals surface area contributed by atoms with Crippen LogP contribution in [-0.2, 0) is 17.6 Å². The fourth-order valence-corrected chi connectivity index (χ4v) is 4.14. The summed E-state index contributed by atoms with van der Waals surface area (Å²) in [6.07, 6.45) is 9.72. The van der Waals surface area contributed by atoms with E-state index < -0.39 is 0 Å². The topological polar surface area (TPSA) is 31.2 Å². The third-order valence-corrected chi connectivity index (χ3v) is 5.03. The Labute approximate surface area is 123 Å². The zero-order valence-electron chi connectivity index (χ0n) is 11.7. The van der Waals surface area contributed by atoms with E-state index in [-0.39, 0.29) is 5.97 Å². The van der Waals surface area contributed by atoms with Crippen molar-refractivity contribution in [1.82, 2.24) is 4.57 Å². The van der Waals surface area contributed by atoms with E-state index in [0.29, 0.717) is 6.61 Å². The van der Waals surface area contributed by atoms with Crippen molar-refractivity contribution >= 4 is 17.3 Å². The SMILES string of the molecule is CCOC(=O)c1c(-n2cccc2)sc2c1CCCCC2. The first-order chi connectivity index (χ1) is 9.81. The van der Waals surface area contributed by atoms with Crippen molar-refractivity contribution in [3.05, 3.63) is 40.5 Å². The summed E-state index contributed by atoms with van der Waals surface area (Å²) in [5.41, 5.74) is 2.03. The Morgan fingerprint density at radius 1 is 1.25 bits per heavy atom. The van der Waals surface area contributed by atoms with Gasteiger partial charge in [0.1, 0.15) is 5.00 Å². The molecule has 0 aliphatic heterocycles. The van der Waals surface area contributed by atoms with E-state index in [4.69, 9.17) is 4.74 Å². The van der Waals surface area contributed by atoms with E-state index in [1.54, 1.807) is 11.3 Å². The van der Waals surface area contributed by atoms with Gasteiger partial charge in [0.15, 0.2) is 0 Å². The van der Waals surface area contributed by atoms with Gasteiger partial charge in [0.25, 0.3) is 0 Å². The maximum atomic E-state index is 12.4. The highest BCUT2D eigenvalue weighted by Crippen LogP contribution is 2.36. The Balaban J connectivity index is 2.11. The molecule has 0 unspecified atom stereocenters. The molecule has 4 heteroatoms. The third kappa shape index (κ3) is 2.40. The predicted octanol–water partition coefficient (Wildman–Crippen LogP) is 3.98. The molecule has 2 aromatic rings. The molecule has 0 radical (unpaired) electrons. The van der Waals surface area contributed by atoms with Gasteiger partial charge in [0, 0.05) is 17.3 Å². The van der Waals surface area contributed by atoms with Gasteiger partial charge in [-0.2, -0.15) is 0 Å². The van der Waals surface area contributed by atoms with Gasteiger partial charge in [-0.05, 0) is 50.3 Å². The number of rotatable bonds is 3. The summed E-state index contributed by atoms with van der Waals surface area (Å²) in [7, 11) is 0. The summed E-state index contributed by atoms with van der Waals surface area (Å²) in [5.74, 6) is -0.171. The fourth-order valence-electron chi connectivity index (χ4n) is 2.79. The molecule has 0 amide bonds. The molecule has 2 aromatic heterocycles. The highest BCUT2D eigenvalue weighted by Gasteiger charge is 2.26. The second-order valence-electron chi connectivity index (χ2n) is 5.06. The number of fused-ring (bicyclic) bond motifs is 1. The summed E-state index contributed by atoms with van der Waals surface area (Å²) < 4.78 is 7.32. The van der Waals surface area contributed by atoms with Gasteiger partial charge in [-0.1, -0.05) is 6.42 Å². The molecule has 20 heavy (non-hydrogen) atoms. The number of esters is 1. The van der Waals surface area contributed by atoms with Crippen LogP contribution >= 0.6 is 11.3 Å². The van der Waals surface area contributed by atoms with Gasteiger partial charge in [-0.3, -0.25) is 0 Å². The number of carbonyl (C=O) groups is 1. The van der Waals surface area contributed by atoms with Crippen molar-refractivity contribution in [3.63, 3.8) is 0 Å². The van der Waals surface area contributed by atoms with E-state index in [1.165, 1.54) is 29.7 Å². The molecule has 0 N–H and O–H groups in total. The van der Waals surface area contributed by atoms with E-state index in [1.807, 2.05) is 36.0 Å². The average Bonchev–Trinajstić information content (AvgIpc) is 3.02. The monoisotopic (exact) mass is 289 g/mol. The lowest BCUT2D eigenvalue weighted by Crippen LogP contribution is -2.09. The number of aryl methyl sites for hydroxylation is 1. The average molecular weight is 289 g/mol. The number of nitrogens with zero attached hydrogens (tertiary/aromatic N) is 1. The van der Waals surface area contributed by atoms with Crippen LogP contribution in [0.25, 0.3) is 5.00 Å². The van der Waals surface area contributed by atoms with Crippen LogP contribution < -0.4 is 0 Å². The molecule has 0 bridgehead atoms. The Hall–Kier alpha value is -1.55. The maximum absolute atomic E-state index is 12.4. The molecule has 0 aromatic carbocycles. The first-order valence-corrected chi connectivity index (χ1v) is 8.08. The molecular formula is C16H19NO2S. The van der Waals surface area contributed by atoms with Gasteiger partial charge in [-0.25, -0.2) is 4.79 Å². The first kappa shape index (κ1) is 13.4. The maximum Gasteiger partial charge on any atom is 0.341 e. The number of thiophene rings is 1. The molecule has 0 saturated carbocycles. The van der Waals surface area contributed by atoms with Gasteiger partial charge in [0.05, 0.1) is 12.2 Å². The van der Waals surface area contributed by atoms with Crippen molar-refractivity contribution in [2.75, 3.05) is 6.61 Å². The molecule has 1 aliphatic carbocycles. The number of aromatic nitrogens is 1. The Kier molecular flexibility index (Phi) is 3.92. The quantitative estimate of drug-likeness (QED) is 0.632. The van der Waals surface area contributed by atoms with Crippen LogP contribution in [0, 0.1) is 0 Å². The lowest BCUT2D eigenvalue weighted by molar-refractivity contribution is 0.0525. The predicted molar refractivity (Wildman–Crippen MR) is 80.9 cm³/mol. The van der Waals surface area contributed by atoms with Gasteiger partial charge < -0.3 is 9.30 Å². The zero-order valence-corrected chi connectivity index (χ0v) is 12.5. The van der Waals surface area contributed by atoms with E-state index in [2.05, 4.69) is 0 Å². The van der Waals surface area contributed by atoms with Crippen LogP contribution in [0.5, 0.6) is 0 Å². The summed E-state index contributed by atoms with van der Waals surface area (Å²) in [6.45, 7) is 2.28. The Morgan fingerprint density at radius 2 is 2.00 bits per heavy atom. The Bertz CT molecular complexity index is 598. The molecule has 0 saturated heterocycles. The smallest absolute Gasteiger partial charge is 0.341 e. The summed E-state index contributed by atoms with van der Waals surface area (Å²) in [6, 6.07) is 3.97. The number of hydrogen-bond donors (Lipinski definition) is 0. The van der Waals surface area contributed by atoms with Crippen LogP contribution in [0.15, 0.2) is 24.5 Å². The highest BCUT2D eigenvalue weighted by molar-refractivity contribution is 7.15. The van der Waals surface area contributed by atoms with Gasteiger partial charge in [0.2, 0.25) is 0 Å². The van der Waals surface area contributed by atoms with Crippen molar-refractivity contribution in [2.24, 2.45) is 0 Å². The van der Waals surface area contributed by atoms with Crippen LogP contribution in [0.4, 0.5) is 0 Å². The molecule has 0 atom stereocenters. The number of ether oxygens (including phenoxy) is 1. The van der Waals surface area contributed by atoms with Crippen LogP contribution in [-0.4, -0.2) is 17.1 Å². The number of hydrogen-bond acceptors (Lipinski definition) is 3. The largest absolute Gasteiger partial charge is 0.462 e. The molecule has 3 nitrogen and oxygen atoms in total. The van der Waals surface area contributed by atoms with Crippen molar-refractivity contribution in [3.8, 4) is 5.00 Å². The van der Waals surface area contributed by atoms with Crippen LogP contribution in [0.1, 0.15) is 47.0 Å². The van der Waals surface area contributed by atoms with Crippen molar-refractivity contribution in [1.29, 1.82) is 0 Å². The second kappa shape index (κ2) is 5.83. The van der Waals surface area contributed by atoms with E-state index in [0.717, 1.165) is 23.4 Å². The van der Waals surface area contributed by atoms with E-state index in [9.17, 15) is 4.79 Å². The molecule has 2 heterocycles. The molecular weight excluding hydrogens is 270 g/mol. The van der Waals surface area contributed by atoms with Crippen LogP contribution in [0.2, 0.25) is 0 Å². The second-order valence-corrected chi connectivity index (χ2v) is 6.14. The minimum Gasteiger partial charge on any atom is -0.462 e. The third-order valence-electron chi connectivity index (χ3n) is 3.72. The standard InChI is InChI=1S/C16H19NO2S/c1-2-19-16(18)14-12-8-4-3-5-9-13(12)20-15(14)17-10-6-7-11-17/h6-7,10-11H,2-5,8-9H2,1H3. The minimum atomic E-state index is -0.171. The molecule has 3 rings (SSSR count).